The first kappa shape index (κ1) is 16.0. The van der Waals surface area contributed by atoms with Gasteiger partial charge in [0, 0.05) is 0 Å². The highest BCUT2D eigenvalue weighted by Gasteiger charge is 2.28. The molecule has 1 aromatic rings. The van der Waals surface area contributed by atoms with Gasteiger partial charge < -0.3 is 0 Å². The van der Waals surface area contributed by atoms with E-state index in [1.54, 1.807) is 6.92 Å². The van der Waals surface area contributed by atoms with Crippen molar-refractivity contribution in [2.24, 2.45) is 0 Å². The van der Waals surface area contributed by atoms with E-state index in [0.717, 1.165) is 5.56 Å². The zero-order valence-electron chi connectivity index (χ0n) is 11.6. The molecule has 0 saturated heterocycles. The van der Waals surface area contributed by atoms with Gasteiger partial charge in [0.2, 0.25) is 0 Å². The van der Waals surface area contributed by atoms with Crippen molar-refractivity contribution in [2.45, 2.75) is 45.3 Å². The molecule has 1 atom stereocenters. The minimum Gasteiger partial charge on any atom is -0.292 e. The minimum atomic E-state index is -4.32. The second-order valence-corrected chi connectivity index (χ2v) is 5.62. The number of hydroxylamine groups is 1. The normalized spacial score (nSPS) is 14.5. The Morgan fingerprint density at radius 2 is 1.63 bits per heavy atom. The van der Waals surface area contributed by atoms with Gasteiger partial charge in [-0.25, -0.2) is 0 Å². The van der Waals surface area contributed by atoms with Gasteiger partial charge in [-0.3, -0.25) is 4.84 Å². The zero-order chi connectivity index (χ0) is 14.7. The Kier molecular flexibility index (Phi) is 4.98. The lowest BCUT2D eigenvalue weighted by molar-refractivity contribution is -0.192. The quantitative estimate of drug-likeness (QED) is 0.834. The molecule has 1 aromatic carbocycles. The van der Waals surface area contributed by atoms with Crippen molar-refractivity contribution in [3.05, 3.63) is 35.4 Å². The minimum absolute atomic E-state index is 0.0575. The van der Waals surface area contributed by atoms with E-state index >= 15 is 0 Å². The van der Waals surface area contributed by atoms with Crippen molar-refractivity contribution >= 4 is 0 Å². The van der Waals surface area contributed by atoms with Gasteiger partial charge in [0.1, 0.15) is 0 Å². The second kappa shape index (κ2) is 5.92. The first-order valence-electron chi connectivity index (χ1n) is 6.14. The van der Waals surface area contributed by atoms with Crippen LogP contribution < -0.4 is 5.48 Å². The number of nitrogens with one attached hydrogen (secondary N) is 1. The first-order valence-corrected chi connectivity index (χ1v) is 6.14. The number of hydrogen-bond donors (Lipinski definition) is 1. The Labute approximate surface area is 111 Å². The molecule has 2 nitrogen and oxygen atoms in total. The zero-order valence-corrected chi connectivity index (χ0v) is 11.6. The molecule has 0 aliphatic carbocycles. The molecule has 5 heteroatoms. The van der Waals surface area contributed by atoms with Gasteiger partial charge in [-0.2, -0.15) is 18.7 Å². The number of rotatable bonds is 4. The molecule has 0 bridgehead atoms. The highest BCUT2D eigenvalue weighted by atomic mass is 19.4. The number of alkyl halides is 3. The topological polar surface area (TPSA) is 21.3 Å². The van der Waals surface area contributed by atoms with E-state index in [0.29, 0.717) is 0 Å². The van der Waals surface area contributed by atoms with Gasteiger partial charge in [0.15, 0.2) is 6.61 Å². The fraction of sp³-hybridized carbons (Fsp3) is 0.571. The third-order valence-corrected chi connectivity index (χ3v) is 2.77. The summed E-state index contributed by atoms with van der Waals surface area (Å²) >= 11 is 0. The van der Waals surface area contributed by atoms with Crippen molar-refractivity contribution in [3.8, 4) is 0 Å². The van der Waals surface area contributed by atoms with Crippen LogP contribution in [-0.2, 0) is 10.3 Å². The van der Waals surface area contributed by atoms with E-state index in [2.05, 4.69) is 31.1 Å². The Morgan fingerprint density at radius 3 is 2.05 bits per heavy atom. The maximum Gasteiger partial charge on any atom is 0.413 e. The fourth-order valence-electron chi connectivity index (χ4n) is 1.59. The van der Waals surface area contributed by atoms with Crippen molar-refractivity contribution in [1.29, 1.82) is 0 Å². The molecular weight excluding hydrogens is 255 g/mol. The van der Waals surface area contributed by atoms with Crippen LogP contribution in [0.1, 0.15) is 44.9 Å². The summed E-state index contributed by atoms with van der Waals surface area (Å²) in [5.74, 6) is 0. The summed E-state index contributed by atoms with van der Waals surface area (Å²) in [5, 5.41) is 0. The molecule has 1 unspecified atom stereocenters. The predicted molar refractivity (Wildman–Crippen MR) is 68.7 cm³/mol. The summed E-state index contributed by atoms with van der Waals surface area (Å²) in [6, 6.07) is 7.47. The van der Waals surface area contributed by atoms with E-state index in [1.807, 2.05) is 24.3 Å². The van der Waals surface area contributed by atoms with Crippen LogP contribution in [0.3, 0.4) is 0 Å². The summed E-state index contributed by atoms with van der Waals surface area (Å²) in [7, 11) is 0. The van der Waals surface area contributed by atoms with Crippen molar-refractivity contribution < 1.29 is 18.0 Å². The van der Waals surface area contributed by atoms with E-state index in [-0.39, 0.29) is 11.5 Å². The van der Waals surface area contributed by atoms with Crippen LogP contribution in [0.4, 0.5) is 13.2 Å². The summed E-state index contributed by atoms with van der Waals surface area (Å²) in [4.78, 5) is 4.44. The van der Waals surface area contributed by atoms with Crippen LogP contribution in [0, 0.1) is 0 Å². The van der Waals surface area contributed by atoms with Gasteiger partial charge in [0.25, 0.3) is 0 Å². The third-order valence-electron chi connectivity index (χ3n) is 2.77. The Bertz CT molecular complexity index is 393. The molecule has 1 N–H and O–H groups in total. The fourth-order valence-corrected chi connectivity index (χ4v) is 1.59. The molecular formula is C14H20F3NO. The Balaban J connectivity index is 2.56. The van der Waals surface area contributed by atoms with Crippen molar-refractivity contribution in [3.63, 3.8) is 0 Å². The maximum atomic E-state index is 11.9. The molecule has 0 heterocycles. The first-order chi connectivity index (χ1) is 8.59. The van der Waals surface area contributed by atoms with E-state index in [4.69, 9.17) is 0 Å². The molecule has 1 rings (SSSR count). The van der Waals surface area contributed by atoms with E-state index in [9.17, 15) is 13.2 Å². The Morgan fingerprint density at radius 1 is 1.11 bits per heavy atom. The highest BCUT2D eigenvalue weighted by Crippen LogP contribution is 2.24. The highest BCUT2D eigenvalue weighted by molar-refractivity contribution is 5.28. The number of benzene rings is 1. The van der Waals surface area contributed by atoms with Crippen LogP contribution >= 0.6 is 0 Å². The summed E-state index contributed by atoms with van der Waals surface area (Å²) in [6.45, 7) is 6.78. The third kappa shape index (κ3) is 5.61. The van der Waals surface area contributed by atoms with E-state index in [1.165, 1.54) is 5.56 Å². The predicted octanol–water partition coefficient (Wildman–Crippen LogP) is 4.13. The van der Waals surface area contributed by atoms with Crippen LogP contribution in [0.5, 0.6) is 0 Å². The smallest absolute Gasteiger partial charge is 0.292 e. The van der Waals surface area contributed by atoms with Gasteiger partial charge >= 0.3 is 6.18 Å². The molecule has 0 aliphatic heterocycles. The van der Waals surface area contributed by atoms with Crippen molar-refractivity contribution in [2.75, 3.05) is 6.61 Å². The average molecular weight is 275 g/mol. The van der Waals surface area contributed by atoms with Gasteiger partial charge in [-0.1, -0.05) is 45.0 Å². The largest absolute Gasteiger partial charge is 0.413 e. The van der Waals surface area contributed by atoms with Gasteiger partial charge in [-0.05, 0) is 23.5 Å². The SMILES string of the molecule is CC(NOCC(F)(F)F)c1ccc(C(C)(C)C)cc1. The lowest BCUT2D eigenvalue weighted by Gasteiger charge is -2.20. The maximum absolute atomic E-state index is 11.9. The molecule has 0 aromatic heterocycles. The van der Waals surface area contributed by atoms with Crippen LogP contribution in [0.2, 0.25) is 0 Å². The second-order valence-electron chi connectivity index (χ2n) is 5.62. The van der Waals surface area contributed by atoms with Crippen LogP contribution in [0.15, 0.2) is 24.3 Å². The van der Waals surface area contributed by atoms with Crippen LogP contribution in [-0.4, -0.2) is 12.8 Å². The van der Waals surface area contributed by atoms with Gasteiger partial charge in [-0.15, -0.1) is 0 Å². The lowest BCUT2D eigenvalue weighted by Crippen LogP contribution is -2.26. The Hall–Kier alpha value is -1.07. The molecule has 0 amide bonds. The summed E-state index contributed by atoms with van der Waals surface area (Å²) < 4.78 is 35.8. The molecule has 0 saturated carbocycles. The average Bonchev–Trinajstić information content (AvgIpc) is 2.26. The summed E-state index contributed by atoms with van der Waals surface area (Å²) in [5.41, 5.74) is 4.52. The molecule has 0 aliphatic rings. The molecule has 108 valence electrons. The molecule has 19 heavy (non-hydrogen) atoms. The standard InChI is InChI=1S/C14H20F3NO/c1-10(18-19-9-14(15,16)17)11-5-7-12(8-6-11)13(2,3)4/h5-8,10,18H,9H2,1-4H3. The number of hydrogen-bond acceptors (Lipinski definition) is 2. The number of halogens is 3. The molecule has 0 spiro atoms. The lowest BCUT2D eigenvalue weighted by atomic mass is 9.86. The van der Waals surface area contributed by atoms with Crippen LogP contribution in [0.25, 0.3) is 0 Å². The molecule has 0 fully saturated rings. The van der Waals surface area contributed by atoms with Gasteiger partial charge in [0.05, 0.1) is 6.04 Å². The molecule has 0 radical (unpaired) electrons. The van der Waals surface area contributed by atoms with Crippen molar-refractivity contribution in [1.82, 2.24) is 5.48 Å². The van der Waals surface area contributed by atoms with E-state index < -0.39 is 12.8 Å². The summed E-state index contributed by atoms with van der Waals surface area (Å²) in [6.07, 6.45) is -4.32. The monoisotopic (exact) mass is 275 g/mol.